The minimum Gasteiger partial charge on any atom is -0.359 e. The third-order valence-electron chi connectivity index (χ3n) is 1.18. The largest absolute Gasteiger partial charge is 0.359 e. The van der Waals surface area contributed by atoms with Crippen LogP contribution in [0.2, 0.25) is 0 Å². The van der Waals surface area contributed by atoms with E-state index >= 15 is 0 Å². The number of amides is 2. The van der Waals surface area contributed by atoms with Crippen LogP contribution in [-0.4, -0.2) is 11.2 Å². The number of carbonyl (C=O) groups is 1. The lowest BCUT2D eigenvalue weighted by Gasteiger charge is -1.94. The average molecular weight is 190 g/mol. The summed E-state index contributed by atoms with van der Waals surface area (Å²) >= 11 is 5.47. The summed E-state index contributed by atoms with van der Waals surface area (Å²) < 4.78 is 4.80. The van der Waals surface area contributed by atoms with E-state index in [2.05, 4.69) is 10.5 Å². The van der Waals surface area contributed by atoms with Crippen molar-refractivity contribution in [3.05, 3.63) is 17.5 Å². The molecule has 1 heterocycles. The molecule has 1 rings (SSSR count). The van der Waals surface area contributed by atoms with Crippen LogP contribution < -0.4 is 11.1 Å². The van der Waals surface area contributed by atoms with Gasteiger partial charge < -0.3 is 15.6 Å². The molecule has 3 N–H and O–H groups in total. The van der Waals surface area contributed by atoms with Gasteiger partial charge in [0.1, 0.15) is 0 Å². The van der Waals surface area contributed by atoms with E-state index in [0.717, 1.165) is 0 Å². The highest BCUT2D eigenvalue weighted by Crippen LogP contribution is 2.05. The van der Waals surface area contributed by atoms with Gasteiger partial charge in [-0.1, -0.05) is 5.16 Å². The number of halogens is 1. The van der Waals surface area contributed by atoms with Crippen molar-refractivity contribution in [3.63, 3.8) is 0 Å². The van der Waals surface area contributed by atoms with Crippen molar-refractivity contribution in [3.8, 4) is 0 Å². The molecule has 0 atom stereocenters. The maximum atomic E-state index is 10.3. The van der Waals surface area contributed by atoms with E-state index in [1.165, 1.54) is 0 Å². The lowest BCUT2D eigenvalue weighted by atomic mass is 10.4. The lowest BCUT2D eigenvalue weighted by molar-refractivity contribution is 0.247. The molecule has 0 aliphatic carbocycles. The molecule has 0 bridgehead atoms. The van der Waals surface area contributed by atoms with Crippen molar-refractivity contribution in [2.75, 3.05) is 0 Å². The minimum absolute atomic E-state index is 0.235. The summed E-state index contributed by atoms with van der Waals surface area (Å²) in [6.07, 6.45) is 0. The van der Waals surface area contributed by atoms with Crippen molar-refractivity contribution < 1.29 is 9.32 Å². The number of alkyl halides is 1. The lowest BCUT2D eigenvalue weighted by Crippen LogP contribution is -2.28. The number of nitrogens with two attached hydrogens (primary N) is 1. The molecule has 0 radical (unpaired) electrons. The maximum absolute atomic E-state index is 10.3. The molecule has 0 spiro atoms. The zero-order valence-corrected chi connectivity index (χ0v) is 6.97. The quantitative estimate of drug-likeness (QED) is 0.683. The Morgan fingerprint density at radius 1 is 1.83 bits per heavy atom. The third-order valence-corrected chi connectivity index (χ3v) is 1.46. The Bertz CT molecular complexity index is 274. The number of hydrogen-bond acceptors (Lipinski definition) is 3. The smallest absolute Gasteiger partial charge is 0.312 e. The second-order valence-electron chi connectivity index (χ2n) is 2.14. The summed E-state index contributed by atoms with van der Waals surface area (Å²) in [5.74, 6) is 0.824. The topological polar surface area (TPSA) is 81.2 Å². The Kier molecular flexibility index (Phi) is 2.93. The van der Waals surface area contributed by atoms with Crippen LogP contribution in [0, 0.1) is 0 Å². The first kappa shape index (κ1) is 8.86. The van der Waals surface area contributed by atoms with Gasteiger partial charge in [-0.2, -0.15) is 0 Å². The number of hydrogen-bond donors (Lipinski definition) is 2. The highest BCUT2D eigenvalue weighted by Gasteiger charge is 2.02. The Balaban J connectivity index is 2.47. The molecular weight excluding hydrogens is 182 g/mol. The normalized spacial score (nSPS) is 9.75. The van der Waals surface area contributed by atoms with Crippen LogP contribution in [0.3, 0.4) is 0 Å². The molecule has 5 nitrogen and oxygen atoms in total. The van der Waals surface area contributed by atoms with Crippen LogP contribution in [0.1, 0.15) is 11.5 Å². The molecule has 0 saturated heterocycles. The number of nitrogens with zero attached hydrogens (tertiary/aromatic N) is 1. The van der Waals surface area contributed by atoms with Gasteiger partial charge in [-0.25, -0.2) is 4.79 Å². The third kappa shape index (κ3) is 2.43. The van der Waals surface area contributed by atoms with Crippen LogP contribution in [0.4, 0.5) is 4.79 Å². The molecular formula is C6H8ClN3O2. The van der Waals surface area contributed by atoms with Crippen LogP contribution in [-0.2, 0) is 12.4 Å². The molecule has 0 aromatic carbocycles. The SMILES string of the molecule is NC(=O)NCc1cc(CCl)no1. The molecule has 0 fully saturated rings. The van der Waals surface area contributed by atoms with Crippen LogP contribution >= 0.6 is 11.6 Å². The minimum atomic E-state index is -0.598. The van der Waals surface area contributed by atoms with Gasteiger partial charge in [0, 0.05) is 6.07 Å². The Hall–Kier alpha value is -1.23. The summed E-state index contributed by atoms with van der Waals surface area (Å²) in [7, 11) is 0. The first-order valence-corrected chi connectivity index (χ1v) is 3.79. The number of urea groups is 1. The summed E-state index contributed by atoms with van der Waals surface area (Å²) in [6.45, 7) is 0.235. The maximum Gasteiger partial charge on any atom is 0.312 e. The van der Waals surface area contributed by atoms with Crippen LogP contribution in [0.15, 0.2) is 10.6 Å². The van der Waals surface area contributed by atoms with Gasteiger partial charge in [-0.15, -0.1) is 11.6 Å². The molecule has 6 heteroatoms. The summed E-state index contributed by atoms with van der Waals surface area (Å²) in [5, 5.41) is 5.97. The second-order valence-corrected chi connectivity index (χ2v) is 2.40. The molecule has 1 aromatic heterocycles. The van der Waals surface area contributed by atoms with Crippen molar-refractivity contribution in [1.82, 2.24) is 10.5 Å². The molecule has 0 aliphatic heterocycles. The fourth-order valence-corrected chi connectivity index (χ4v) is 0.802. The summed E-state index contributed by atoms with van der Waals surface area (Å²) in [6, 6.07) is 1.06. The molecule has 2 amide bonds. The molecule has 1 aromatic rings. The van der Waals surface area contributed by atoms with E-state index in [4.69, 9.17) is 21.9 Å². The van der Waals surface area contributed by atoms with Crippen molar-refractivity contribution in [2.24, 2.45) is 5.73 Å². The monoisotopic (exact) mass is 189 g/mol. The van der Waals surface area contributed by atoms with Crippen molar-refractivity contribution >= 4 is 17.6 Å². The zero-order valence-electron chi connectivity index (χ0n) is 6.21. The number of nitrogens with one attached hydrogen (secondary N) is 1. The summed E-state index contributed by atoms with van der Waals surface area (Å²) in [5.41, 5.74) is 5.48. The Morgan fingerprint density at radius 3 is 3.08 bits per heavy atom. The highest BCUT2D eigenvalue weighted by atomic mass is 35.5. The van der Waals surface area contributed by atoms with Crippen molar-refractivity contribution in [1.29, 1.82) is 0 Å². The van der Waals surface area contributed by atoms with E-state index < -0.39 is 6.03 Å². The van der Waals surface area contributed by atoms with Gasteiger partial charge in [-0.3, -0.25) is 0 Å². The van der Waals surface area contributed by atoms with E-state index in [-0.39, 0.29) is 6.54 Å². The molecule has 0 unspecified atom stereocenters. The van der Waals surface area contributed by atoms with Gasteiger partial charge in [-0.05, 0) is 0 Å². The summed E-state index contributed by atoms with van der Waals surface area (Å²) in [4.78, 5) is 10.3. The van der Waals surface area contributed by atoms with Crippen LogP contribution in [0.25, 0.3) is 0 Å². The van der Waals surface area contributed by atoms with Gasteiger partial charge in [0.25, 0.3) is 0 Å². The fourth-order valence-electron chi connectivity index (χ4n) is 0.676. The van der Waals surface area contributed by atoms with Gasteiger partial charge >= 0.3 is 6.03 Å². The Morgan fingerprint density at radius 2 is 2.58 bits per heavy atom. The number of primary amides is 1. The molecule has 66 valence electrons. The Labute approximate surface area is 73.8 Å². The molecule has 12 heavy (non-hydrogen) atoms. The van der Waals surface area contributed by atoms with Crippen molar-refractivity contribution in [2.45, 2.75) is 12.4 Å². The van der Waals surface area contributed by atoms with E-state index in [9.17, 15) is 4.79 Å². The zero-order chi connectivity index (χ0) is 8.97. The molecule has 0 saturated carbocycles. The fraction of sp³-hybridized carbons (Fsp3) is 0.333. The first-order valence-electron chi connectivity index (χ1n) is 3.26. The van der Waals surface area contributed by atoms with E-state index in [1.54, 1.807) is 6.07 Å². The first-order chi connectivity index (χ1) is 5.72. The number of rotatable bonds is 3. The average Bonchev–Trinajstić information content (AvgIpc) is 2.48. The standard InChI is InChI=1S/C6H8ClN3O2/c7-2-4-1-5(12-10-4)3-9-6(8)11/h1H,2-3H2,(H3,8,9,11). The number of aromatic nitrogens is 1. The predicted molar refractivity (Wildman–Crippen MR) is 42.5 cm³/mol. The van der Waals surface area contributed by atoms with Gasteiger partial charge in [0.05, 0.1) is 18.1 Å². The van der Waals surface area contributed by atoms with E-state index in [0.29, 0.717) is 17.3 Å². The van der Waals surface area contributed by atoms with Crippen LogP contribution in [0.5, 0.6) is 0 Å². The predicted octanol–water partition coefficient (Wildman–Crippen LogP) is 0.582. The van der Waals surface area contributed by atoms with Gasteiger partial charge in [0.2, 0.25) is 0 Å². The highest BCUT2D eigenvalue weighted by molar-refractivity contribution is 6.16. The van der Waals surface area contributed by atoms with E-state index in [1.807, 2.05) is 0 Å². The number of carbonyl (C=O) groups excluding carboxylic acids is 1. The second kappa shape index (κ2) is 3.96. The molecule has 0 aliphatic rings. The van der Waals surface area contributed by atoms with Gasteiger partial charge in [0.15, 0.2) is 5.76 Å².